The molecule has 6 nitrogen and oxygen atoms in total. The Balaban J connectivity index is 1.96. The van der Waals surface area contributed by atoms with E-state index in [0.29, 0.717) is 25.0 Å². The highest BCUT2D eigenvalue weighted by molar-refractivity contribution is 5.78. The number of guanidine groups is 1. The number of aliphatic imine (C=N–C) groups is 1. The van der Waals surface area contributed by atoms with Gasteiger partial charge < -0.3 is 19.9 Å². The van der Waals surface area contributed by atoms with Crippen LogP contribution in [0.25, 0.3) is 0 Å². The van der Waals surface area contributed by atoms with Gasteiger partial charge >= 0.3 is 0 Å². The Bertz CT molecular complexity index is 454. The maximum Gasteiger partial charge on any atom is 0.191 e. The molecule has 0 bridgehead atoms. The van der Waals surface area contributed by atoms with E-state index in [9.17, 15) is 0 Å². The third-order valence-corrected chi connectivity index (χ3v) is 3.31. The van der Waals surface area contributed by atoms with Crippen molar-refractivity contribution in [2.75, 3.05) is 19.7 Å². The summed E-state index contributed by atoms with van der Waals surface area (Å²) in [5.41, 5.74) is 6.06. The first kappa shape index (κ1) is 14.8. The Kier molecular flexibility index (Phi) is 5.00. The van der Waals surface area contributed by atoms with Gasteiger partial charge in [0.25, 0.3) is 0 Å². The summed E-state index contributed by atoms with van der Waals surface area (Å²) in [4.78, 5) is 10.9. The molecule has 0 radical (unpaired) electrons. The molecule has 0 spiro atoms. The van der Waals surface area contributed by atoms with Gasteiger partial charge in [-0.2, -0.15) is 0 Å². The zero-order chi connectivity index (χ0) is 14.5. The van der Waals surface area contributed by atoms with E-state index in [4.69, 9.17) is 10.5 Å². The Morgan fingerprint density at radius 1 is 1.60 bits per heavy atom. The van der Waals surface area contributed by atoms with Crippen LogP contribution < -0.4 is 5.73 Å². The maximum absolute atomic E-state index is 6.06. The lowest BCUT2D eigenvalue weighted by Crippen LogP contribution is -2.47. The van der Waals surface area contributed by atoms with Crippen molar-refractivity contribution in [1.29, 1.82) is 0 Å². The second-order valence-corrected chi connectivity index (χ2v) is 5.69. The molecule has 0 aromatic carbocycles. The lowest BCUT2D eigenvalue weighted by atomic mass is 10.2. The van der Waals surface area contributed by atoms with E-state index in [0.717, 1.165) is 25.5 Å². The van der Waals surface area contributed by atoms with Crippen LogP contribution in [-0.2, 0) is 17.8 Å². The van der Waals surface area contributed by atoms with Crippen molar-refractivity contribution in [1.82, 2.24) is 14.5 Å². The molecular formula is C14H25N5O. The minimum absolute atomic E-state index is 0.209. The van der Waals surface area contributed by atoms with E-state index in [1.54, 1.807) is 0 Å². The molecule has 112 valence electrons. The van der Waals surface area contributed by atoms with E-state index in [1.807, 2.05) is 12.4 Å². The topological polar surface area (TPSA) is 68.7 Å². The van der Waals surface area contributed by atoms with Crippen molar-refractivity contribution >= 4 is 5.96 Å². The summed E-state index contributed by atoms with van der Waals surface area (Å²) in [5.74, 6) is 2.13. The van der Waals surface area contributed by atoms with Crippen LogP contribution in [0.15, 0.2) is 17.4 Å². The van der Waals surface area contributed by atoms with Crippen LogP contribution in [0.5, 0.6) is 0 Å². The summed E-state index contributed by atoms with van der Waals surface area (Å²) in [6.07, 6.45) is 4.03. The molecule has 0 saturated carbocycles. The Morgan fingerprint density at radius 2 is 2.40 bits per heavy atom. The Hall–Kier alpha value is -1.56. The molecule has 0 aliphatic carbocycles. The molecule has 2 rings (SSSR count). The van der Waals surface area contributed by atoms with E-state index < -0.39 is 0 Å². The molecule has 2 N–H and O–H groups in total. The van der Waals surface area contributed by atoms with Gasteiger partial charge in [0.1, 0.15) is 12.4 Å². The van der Waals surface area contributed by atoms with Gasteiger partial charge in [-0.05, 0) is 12.8 Å². The average Bonchev–Trinajstić information content (AvgIpc) is 2.82. The minimum atomic E-state index is 0.209. The molecule has 1 unspecified atom stereocenters. The van der Waals surface area contributed by atoms with E-state index in [2.05, 4.69) is 40.2 Å². The summed E-state index contributed by atoms with van der Waals surface area (Å²) in [6, 6.07) is 0. The maximum atomic E-state index is 6.06. The normalized spacial score (nSPS) is 20.7. The average molecular weight is 279 g/mol. The van der Waals surface area contributed by atoms with Crippen LogP contribution in [0.2, 0.25) is 0 Å². The summed E-state index contributed by atoms with van der Waals surface area (Å²) >= 11 is 0. The molecule has 2 heterocycles. The number of imidazole rings is 1. The zero-order valence-electron chi connectivity index (χ0n) is 12.6. The highest BCUT2D eigenvalue weighted by Gasteiger charge is 2.18. The number of aromatic nitrogens is 2. The lowest BCUT2D eigenvalue weighted by Gasteiger charge is -2.31. The number of rotatable bonds is 4. The van der Waals surface area contributed by atoms with Crippen molar-refractivity contribution in [3.63, 3.8) is 0 Å². The molecule has 1 saturated heterocycles. The Morgan fingerprint density at radius 3 is 3.10 bits per heavy atom. The van der Waals surface area contributed by atoms with Crippen LogP contribution in [0.4, 0.5) is 0 Å². The fourth-order valence-electron chi connectivity index (χ4n) is 2.33. The molecule has 1 fully saturated rings. The van der Waals surface area contributed by atoms with Gasteiger partial charge in [0.15, 0.2) is 5.96 Å². The molecule has 20 heavy (non-hydrogen) atoms. The third-order valence-electron chi connectivity index (χ3n) is 3.31. The smallest absolute Gasteiger partial charge is 0.191 e. The molecule has 1 aliphatic heterocycles. The molecule has 1 aromatic heterocycles. The molecule has 6 heteroatoms. The quantitative estimate of drug-likeness (QED) is 0.661. The summed E-state index contributed by atoms with van der Waals surface area (Å²) < 4.78 is 7.65. The zero-order valence-corrected chi connectivity index (χ0v) is 12.6. The van der Waals surface area contributed by atoms with Crippen molar-refractivity contribution < 1.29 is 4.74 Å². The number of nitrogens with zero attached hydrogens (tertiary/aromatic N) is 4. The first-order valence-corrected chi connectivity index (χ1v) is 7.22. The fraction of sp³-hybridized carbons (Fsp3) is 0.714. The van der Waals surface area contributed by atoms with Crippen LogP contribution in [0, 0.1) is 5.92 Å². The molecule has 0 amide bonds. The van der Waals surface area contributed by atoms with Gasteiger partial charge in [-0.1, -0.05) is 13.8 Å². The number of hydrogen-bond donors (Lipinski definition) is 1. The largest absolute Gasteiger partial charge is 0.375 e. The van der Waals surface area contributed by atoms with Gasteiger partial charge in [0.2, 0.25) is 0 Å². The van der Waals surface area contributed by atoms with Crippen LogP contribution in [0.1, 0.15) is 26.6 Å². The third kappa shape index (κ3) is 3.96. The second-order valence-electron chi connectivity index (χ2n) is 5.69. The first-order chi connectivity index (χ1) is 9.56. The second kappa shape index (κ2) is 6.74. The fourth-order valence-corrected chi connectivity index (χ4v) is 2.33. The van der Waals surface area contributed by atoms with Gasteiger partial charge in [-0.25, -0.2) is 9.98 Å². The van der Waals surface area contributed by atoms with Crippen molar-refractivity contribution in [3.8, 4) is 0 Å². The molecule has 1 atom stereocenters. The lowest BCUT2D eigenvalue weighted by molar-refractivity contribution is 0.00528. The van der Waals surface area contributed by atoms with E-state index in [1.165, 1.54) is 0 Å². The highest BCUT2D eigenvalue weighted by Crippen LogP contribution is 2.07. The van der Waals surface area contributed by atoms with Gasteiger partial charge in [0, 0.05) is 32.0 Å². The van der Waals surface area contributed by atoms with Gasteiger partial charge in [-0.3, -0.25) is 0 Å². The summed E-state index contributed by atoms with van der Waals surface area (Å²) in [7, 11) is 0. The van der Waals surface area contributed by atoms with Crippen molar-refractivity contribution in [2.24, 2.45) is 16.6 Å². The van der Waals surface area contributed by atoms with Crippen LogP contribution in [0.3, 0.4) is 0 Å². The number of nitrogens with two attached hydrogens (primary N) is 1. The monoisotopic (exact) mass is 279 g/mol. The number of morpholine rings is 1. The van der Waals surface area contributed by atoms with Gasteiger partial charge in [0.05, 0.1) is 12.7 Å². The standard InChI is InChI=1S/C14H25N5O/c1-11(2)9-18-5-4-16-13(18)8-17-14(15)19-6-7-20-12(3)10-19/h4-5,11-12H,6-10H2,1-3H3,(H2,15,17). The number of ether oxygens (including phenoxy) is 1. The predicted octanol–water partition coefficient (Wildman–Crippen LogP) is 1.07. The first-order valence-electron chi connectivity index (χ1n) is 7.22. The number of hydrogen-bond acceptors (Lipinski definition) is 3. The van der Waals surface area contributed by atoms with Crippen molar-refractivity contribution in [3.05, 3.63) is 18.2 Å². The minimum Gasteiger partial charge on any atom is -0.375 e. The van der Waals surface area contributed by atoms with Crippen LogP contribution >= 0.6 is 0 Å². The summed E-state index contributed by atoms with van der Waals surface area (Å²) in [5, 5.41) is 0. The SMILES string of the molecule is CC(C)Cn1ccnc1CN=C(N)N1CCOC(C)C1. The van der Waals surface area contributed by atoms with E-state index in [-0.39, 0.29) is 6.10 Å². The molecule has 1 aromatic rings. The molecule has 1 aliphatic rings. The Labute approximate surface area is 120 Å². The van der Waals surface area contributed by atoms with Crippen molar-refractivity contribution in [2.45, 2.75) is 40.0 Å². The van der Waals surface area contributed by atoms with Crippen LogP contribution in [-0.4, -0.2) is 46.2 Å². The highest BCUT2D eigenvalue weighted by atomic mass is 16.5. The van der Waals surface area contributed by atoms with Gasteiger partial charge in [-0.15, -0.1) is 0 Å². The molecular weight excluding hydrogens is 254 g/mol. The van der Waals surface area contributed by atoms with E-state index >= 15 is 0 Å². The summed E-state index contributed by atoms with van der Waals surface area (Å²) in [6.45, 7) is 10.2. The predicted molar refractivity (Wildman–Crippen MR) is 79.4 cm³/mol.